The number of aryl methyl sites for hydroxylation is 1. The van der Waals surface area contributed by atoms with Crippen LogP contribution in [0, 0.1) is 5.92 Å². The molecule has 2 aromatic carbocycles. The summed E-state index contributed by atoms with van der Waals surface area (Å²) in [5, 5.41) is 2.97. The van der Waals surface area contributed by atoms with Crippen LogP contribution in [0.3, 0.4) is 0 Å². The molecule has 1 N–H and O–H groups in total. The van der Waals surface area contributed by atoms with Crippen LogP contribution in [0.4, 0.5) is 0 Å². The Balaban J connectivity index is 2.11. The SMILES string of the molecule is CC(C)CNC(=O)[C@@H](C)N(Cc1ccc(Br)cc1)C(=O)CCc1ccc(C(C)(C)C)cc1. The summed E-state index contributed by atoms with van der Waals surface area (Å²) in [5.74, 6) is 0.233. The van der Waals surface area contributed by atoms with Gasteiger partial charge < -0.3 is 10.2 Å². The van der Waals surface area contributed by atoms with E-state index in [-0.39, 0.29) is 17.2 Å². The number of nitrogens with zero attached hydrogens (tertiary/aromatic N) is 1. The number of amides is 2. The molecule has 0 saturated heterocycles. The quantitative estimate of drug-likeness (QED) is 0.467. The van der Waals surface area contributed by atoms with Crippen molar-refractivity contribution in [2.75, 3.05) is 6.54 Å². The molecule has 0 heterocycles. The minimum Gasteiger partial charge on any atom is -0.354 e. The van der Waals surface area contributed by atoms with E-state index in [0.717, 1.165) is 15.6 Å². The lowest BCUT2D eigenvalue weighted by molar-refractivity contribution is -0.140. The second-order valence-corrected chi connectivity index (χ2v) is 10.8. The second-order valence-electron chi connectivity index (χ2n) is 9.91. The summed E-state index contributed by atoms with van der Waals surface area (Å²) in [7, 11) is 0. The third-order valence-electron chi connectivity index (χ3n) is 5.57. The molecule has 0 unspecified atom stereocenters. The van der Waals surface area contributed by atoms with E-state index in [9.17, 15) is 9.59 Å². The monoisotopic (exact) mass is 500 g/mol. The van der Waals surface area contributed by atoms with Crippen LogP contribution in [0.2, 0.25) is 0 Å². The molecule has 0 aliphatic heterocycles. The van der Waals surface area contributed by atoms with Crippen LogP contribution in [0.15, 0.2) is 53.0 Å². The highest BCUT2D eigenvalue weighted by atomic mass is 79.9. The minimum absolute atomic E-state index is 0.0139. The maximum absolute atomic E-state index is 13.2. The molecule has 2 rings (SSSR count). The Hall–Kier alpha value is -2.14. The van der Waals surface area contributed by atoms with Crippen LogP contribution in [0.1, 0.15) is 64.7 Å². The fraction of sp³-hybridized carbons (Fsp3) is 0.481. The highest BCUT2D eigenvalue weighted by Gasteiger charge is 2.26. The van der Waals surface area contributed by atoms with Gasteiger partial charge in [0.25, 0.3) is 0 Å². The Kier molecular flexibility index (Phi) is 9.50. The molecule has 0 saturated carbocycles. The number of carbonyl (C=O) groups is 2. The maximum atomic E-state index is 13.2. The van der Waals surface area contributed by atoms with E-state index < -0.39 is 6.04 Å². The zero-order valence-electron chi connectivity index (χ0n) is 20.2. The fourth-order valence-electron chi connectivity index (χ4n) is 3.39. The first-order valence-corrected chi connectivity index (χ1v) is 12.2. The zero-order chi connectivity index (χ0) is 23.9. The van der Waals surface area contributed by atoms with Gasteiger partial charge in [-0.05, 0) is 53.5 Å². The van der Waals surface area contributed by atoms with Crippen molar-refractivity contribution >= 4 is 27.7 Å². The third kappa shape index (κ3) is 8.09. The van der Waals surface area contributed by atoms with Crippen molar-refractivity contribution in [1.82, 2.24) is 10.2 Å². The van der Waals surface area contributed by atoms with Crippen LogP contribution >= 0.6 is 15.9 Å². The van der Waals surface area contributed by atoms with Crippen molar-refractivity contribution in [3.8, 4) is 0 Å². The van der Waals surface area contributed by atoms with Crippen molar-refractivity contribution in [1.29, 1.82) is 0 Å². The lowest BCUT2D eigenvalue weighted by Crippen LogP contribution is -2.48. The molecule has 0 spiro atoms. The minimum atomic E-state index is -0.534. The molecule has 4 nitrogen and oxygen atoms in total. The van der Waals surface area contributed by atoms with E-state index >= 15 is 0 Å². The van der Waals surface area contributed by atoms with Gasteiger partial charge in [0.05, 0.1) is 0 Å². The van der Waals surface area contributed by atoms with Crippen molar-refractivity contribution < 1.29 is 9.59 Å². The standard InChI is InChI=1S/C27H37BrN2O2/c1-19(2)17-29-26(32)20(3)30(18-22-9-14-24(28)15-10-22)25(31)16-11-21-7-12-23(13-8-21)27(4,5)6/h7-10,12-15,19-20H,11,16-18H2,1-6H3,(H,29,32)/t20-/m1/s1. The molecule has 0 aliphatic carbocycles. The molecule has 5 heteroatoms. The largest absolute Gasteiger partial charge is 0.354 e. The van der Waals surface area contributed by atoms with Crippen LogP contribution in [-0.4, -0.2) is 29.3 Å². The second kappa shape index (κ2) is 11.6. The van der Waals surface area contributed by atoms with Gasteiger partial charge in [-0.25, -0.2) is 0 Å². The molecule has 0 fully saturated rings. The van der Waals surface area contributed by atoms with Crippen molar-refractivity contribution in [3.63, 3.8) is 0 Å². The Morgan fingerprint density at radius 3 is 2.03 bits per heavy atom. The summed E-state index contributed by atoms with van der Waals surface area (Å²) in [6, 6.07) is 15.8. The fourth-order valence-corrected chi connectivity index (χ4v) is 3.65. The number of benzene rings is 2. The molecule has 0 radical (unpaired) electrons. The number of hydrogen-bond acceptors (Lipinski definition) is 2. The topological polar surface area (TPSA) is 49.4 Å². The molecule has 0 bridgehead atoms. The van der Waals surface area contributed by atoms with E-state index in [4.69, 9.17) is 0 Å². The molecule has 0 aromatic heterocycles. The first-order chi connectivity index (χ1) is 15.0. The van der Waals surface area contributed by atoms with Gasteiger partial charge in [0.2, 0.25) is 11.8 Å². The van der Waals surface area contributed by atoms with Crippen molar-refractivity contribution in [2.24, 2.45) is 5.92 Å². The van der Waals surface area contributed by atoms with E-state index in [0.29, 0.717) is 31.8 Å². The lowest BCUT2D eigenvalue weighted by atomic mass is 9.86. The predicted molar refractivity (Wildman–Crippen MR) is 135 cm³/mol. The molecule has 174 valence electrons. The van der Waals surface area contributed by atoms with Crippen molar-refractivity contribution in [3.05, 3.63) is 69.7 Å². The number of halogens is 1. The van der Waals surface area contributed by atoms with E-state index in [1.807, 2.05) is 31.2 Å². The molecule has 1 atom stereocenters. The van der Waals surface area contributed by atoms with Crippen LogP contribution in [-0.2, 0) is 28.0 Å². The highest BCUT2D eigenvalue weighted by molar-refractivity contribution is 9.10. The van der Waals surface area contributed by atoms with Crippen LogP contribution in [0.25, 0.3) is 0 Å². The first kappa shape index (κ1) is 26.1. The molecule has 2 amide bonds. The smallest absolute Gasteiger partial charge is 0.242 e. The van der Waals surface area contributed by atoms with Crippen LogP contribution in [0.5, 0.6) is 0 Å². The van der Waals surface area contributed by atoms with E-state index in [2.05, 4.69) is 80.1 Å². The Labute approximate surface area is 201 Å². The van der Waals surface area contributed by atoms with Gasteiger partial charge in [0, 0.05) is 24.0 Å². The average molecular weight is 502 g/mol. The Morgan fingerprint density at radius 2 is 1.50 bits per heavy atom. The van der Waals surface area contributed by atoms with Gasteiger partial charge in [0.1, 0.15) is 6.04 Å². The molecule has 2 aromatic rings. The number of hydrogen-bond donors (Lipinski definition) is 1. The van der Waals surface area contributed by atoms with E-state index in [1.54, 1.807) is 4.90 Å². The average Bonchev–Trinajstić information content (AvgIpc) is 2.74. The Morgan fingerprint density at radius 1 is 0.938 bits per heavy atom. The summed E-state index contributed by atoms with van der Waals surface area (Å²) in [4.78, 5) is 27.7. The highest BCUT2D eigenvalue weighted by Crippen LogP contribution is 2.23. The summed E-state index contributed by atoms with van der Waals surface area (Å²) in [6.45, 7) is 13.5. The van der Waals surface area contributed by atoms with Gasteiger partial charge in [-0.3, -0.25) is 9.59 Å². The summed E-state index contributed by atoms with van der Waals surface area (Å²) in [5.41, 5.74) is 3.51. The first-order valence-electron chi connectivity index (χ1n) is 11.4. The summed E-state index contributed by atoms with van der Waals surface area (Å²) < 4.78 is 0.987. The van der Waals surface area contributed by atoms with E-state index in [1.165, 1.54) is 5.56 Å². The molecular formula is C27H37BrN2O2. The number of nitrogens with one attached hydrogen (secondary N) is 1. The van der Waals surface area contributed by atoms with Gasteiger partial charge in [-0.1, -0.05) is 86.9 Å². The van der Waals surface area contributed by atoms with Crippen molar-refractivity contribution in [2.45, 2.75) is 72.4 Å². The summed E-state index contributed by atoms with van der Waals surface area (Å²) >= 11 is 3.45. The normalized spacial score (nSPS) is 12.5. The molecular weight excluding hydrogens is 464 g/mol. The predicted octanol–water partition coefficient (Wildman–Crippen LogP) is 5.87. The number of rotatable bonds is 9. The summed E-state index contributed by atoms with van der Waals surface area (Å²) in [6.07, 6.45) is 1.02. The molecule has 0 aliphatic rings. The van der Waals surface area contributed by atoms with Gasteiger partial charge in [0.15, 0.2) is 0 Å². The van der Waals surface area contributed by atoms with Gasteiger partial charge in [-0.15, -0.1) is 0 Å². The number of carbonyl (C=O) groups excluding carboxylic acids is 2. The van der Waals surface area contributed by atoms with Crippen LogP contribution < -0.4 is 5.32 Å². The lowest BCUT2D eigenvalue weighted by Gasteiger charge is -2.29. The third-order valence-corrected chi connectivity index (χ3v) is 6.09. The van der Waals surface area contributed by atoms with Gasteiger partial charge >= 0.3 is 0 Å². The maximum Gasteiger partial charge on any atom is 0.242 e. The zero-order valence-corrected chi connectivity index (χ0v) is 21.8. The Bertz CT molecular complexity index is 883. The van der Waals surface area contributed by atoms with Gasteiger partial charge in [-0.2, -0.15) is 0 Å². The molecule has 32 heavy (non-hydrogen) atoms.